The fourth-order valence-corrected chi connectivity index (χ4v) is 2.33. The molecule has 0 fully saturated rings. The summed E-state index contributed by atoms with van der Waals surface area (Å²) in [7, 11) is -4.02. The van der Waals surface area contributed by atoms with Crippen molar-refractivity contribution in [1.82, 2.24) is 10.9 Å². The average molecular weight is 430 g/mol. The van der Waals surface area contributed by atoms with Crippen LogP contribution in [0, 0.1) is 22.4 Å². The number of hydrogen-bond acceptors (Lipinski definition) is 7. The molecule has 2 rings (SSSR count). The highest BCUT2D eigenvalue weighted by atomic mass is 35.5. The molecule has 0 aliphatic carbocycles. The third kappa shape index (κ3) is 7.67. The Hall–Kier alpha value is -3.06. The van der Waals surface area contributed by atoms with Gasteiger partial charge in [-0.05, 0) is 31.2 Å². The van der Waals surface area contributed by atoms with Crippen LogP contribution in [0.3, 0.4) is 0 Å². The van der Waals surface area contributed by atoms with Crippen LogP contribution in [0.25, 0.3) is 0 Å². The zero-order valence-corrected chi connectivity index (χ0v) is 15.9. The smallest absolute Gasteiger partial charge is 0.288 e. The number of hydrazone groups is 1. The third-order valence-corrected chi connectivity index (χ3v) is 4.10. The van der Waals surface area contributed by atoms with Gasteiger partial charge in [-0.3, -0.25) is 25.3 Å². The van der Waals surface area contributed by atoms with Gasteiger partial charge in [0, 0.05) is 11.1 Å². The maximum absolute atomic E-state index is 10.7. The van der Waals surface area contributed by atoms with Crippen LogP contribution in [-0.2, 0) is 10.1 Å². The monoisotopic (exact) mass is 429 g/mol. The molecule has 28 heavy (non-hydrogen) atoms. The van der Waals surface area contributed by atoms with E-state index in [2.05, 4.69) is 10.5 Å². The normalized spacial score (nSPS) is 10.7. The fourth-order valence-electron chi connectivity index (χ4n) is 1.69. The highest BCUT2D eigenvalue weighted by Crippen LogP contribution is 2.21. The predicted molar refractivity (Wildman–Crippen MR) is 102 cm³/mol. The molecule has 2 aromatic rings. The zero-order chi connectivity index (χ0) is 21.3. The molecule has 13 heteroatoms. The number of hydrogen-bond donors (Lipinski definition) is 5. The molecule has 11 nitrogen and oxygen atoms in total. The second-order valence-corrected chi connectivity index (χ2v) is 6.96. The number of halogens is 1. The van der Waals surface area contributed by atoms with Crippen LogP contribution >= 0.6 is 11.6 Å². The van der Waals surface area contributed by atoms with Crippen molar-refractivity contribution in [3.05, 3.63) is 68.7 Å². The minimum absolute atomic E-state index is 0.0666. The average Bonchev–Trinajstić information content (AvgIpc) is 2.62. The van der Waals surface area contributed by atoms with Gasteiger partial charge >= 0.3 is 0 Å². The summed E-state index contributed by atoms with van der Waals surface area (Å²) in [4.78, 5) is 10.0. The van der Waals surface area contributed by atoms with E-state index < -0.39 is 21.0 Å². The van der Waals surface area contributed by atoms with Crippen LogP contribution in [0.2, 0.25) is 5.02 Å². The van der Waals surface area contributed by atoms with Crippen molar-refractivity contribution < 1.29 is 23.1 Å². The first-order valence-corrected chi connectivity index (χ1v) is 9.12. The molecule has 0 unspecified atom stereocenters. The maximum atomic E-state index is 10.7. The lowest BCUT2D eigenvalue weighted by Gasteiger charge is -2.00. The summed E-state index contributed by atoms with van der Waals surface area (Å²) in [5.41, 5.74) is 4.57. The summed E-state index contributed by atoms with van der Waals surface area (Å²) in [5, 5.41) is 29.7. The molecule has 0 bridgehead atoms. The van der Waals surface area contributed by atoms with Crippen LogP contribution in [0.4, 0.5) is 5.69 Å². The van der Waals surface area contributed by atoms with Gasteiger partial charge in [0.15, 0.2) is 0 Å². The summed E-state index contributed by atoms with van der Waals surface area (Å²) in [5.74, 6) is -0.460. The van der Waals surface area contributed by atoms with Gasteiger partial charge < -0.3 is 0 Å². The zero-order valence-electron chi connectivity index (χ0n) is 14.3. The van der Waals surface area contributed by atoms with E-state index in [0.717, 1.165) is 11.8 Å². The Balaban J connectivity index is 0.000000307. The van der Waals surface area contributed by atoms with Crippen LogP contribution in [0.1, 0.15) is 11.1 Å². The molecular formula is C15H16ClN5O6S. The molecule has 0 aliphatic rings. The second kappa shape index (κ2) is 10.3. The highest BCUT2D eigenvalue weighted by molar-refractivity contribution is 7.85. The Bertz CT molecular complexity index is 979. The lowest BCUT2D eigenvalue weighted by Crippen LogP contribution is -2.30. The highest BCUT2D eigenvalue weighted by Gasteiger charge is 2.12. The molecule has 2 aromatic carbocycles. The molecule has 0 aromatic heterocycles. The molecular weight excluding hydrogens is 414 g/mol. The number of benzene rings is 2. The van der Waals surface area contributed by atoms with E-state index in [9.17, 15) is 18.5 Å². The molecule has 150 valence electrons. The number of nitrogens with zero attached hydrogens (tertiary/aromatic N) is 2. The van der Waals surface area contributed by atoms with Crippen LogP contribution in [0.15, 0.2) is 52.5 Å². The summed E-state index contributed by atoms with van der Waals surface area (Å²) >= 11 is 5.63. The van der Waals surface area contributed by atoms with E-state index in [4.69, 9.17) is 26.8 Å². The minimum Gasteiger partial charge on any atom is -0.288 e. The SMILES string of the molecule is Cc1ccc(S(=O)(=O)O)cc1.N=C(NO)NN=Cc1ccc(Cl)cc1[N+](=O)[O-]. The lowest BCUT2D eigenvalue weighted by atomic mass is 10.2. The Morgan fingerprint density at radius 3 is 2.39 bits per heavy atom. The summed E-state index contributed by atoms with van der Waals surface area (Å²) in [6.07, 6.45) is 1.14. The van der Waals surface area contributed by atoms with Gasteiger partial charge in [0.25, 0.3) is 15.8 Å². The Morgan fingerprint density at radius 1 is 1.29 bits per heavy atom. The van der Waals surface area contributed by atoms with Gasteiger partial charge in [-0.1, -0.05) is 29.3 Å². The standard InChI is InChI=1S/C8H8ClN5O3.C7H8O3S/c9-6-2-1-5(7(3-6)14(16)17)4-11-12-8(10)13-15;1-6-2-4-7(5-3-6)11(8,9)10/h1-4,15H,(H3,10,12,13);2-5H,1H3,(H,8,9,10). The molecule has 0 saturated carbocycles. The van der Waals surface area contributed by atoms with E-state index >= 15 is 0 Å². The largest absolute Gasteiger partial charge is 0.294 e. The number of guanidine groups is 1. The first-order chi connectivity index (χ1) is 13.0. The molecule has 0 saturated heterocycles. The van der Waals surface area contributed by atoms with E-state index in [1.807, 2.05) is 6.92 Å². The van der Waals surface area contributed by atoms with Crippen LogP contribution in [0.5, 0.6) is 0 Å². The summed E-state index contributed by atoms with van der Waals surface area (Å²) in [6, 6.07) is 10.1. The molecule has 0 amide bonds. The first kappa shape index (κ1) is 23.0. The molecule has 0 atom stereocenters. The van der Waals surface area contributed by atoms with E-state index in [1.165, 1.54) is 35.8 Å². The van der Waals surface area contributed by atoms with Gasteiger partial charge in [-0.25, -0.2) is 10.9 Å². The van der Waals surface area contributed by atoms with Crippen molar-refractivity contribution in [2.24, 2.45) is 5.10 Å². The fraction of sp³-hybridized carbons (Fsp3) is 0.0667. The van der Waals surface area contributed by atoms with Crippen molar-refractivity contribution in [3.63, 3.8) is 0 Å². The van der Waals surface area contributed by atoms with Gasteiger partial charge in [0.2, 0.25) is 5.96 Å². The van der Waals surface area contributed by atoms with Gasteiger partial charge in [-0.15, -0.1) is 0 Å². The number of hydroxylamine groups is 1. The topological polar surface area (TPSA) is 178 Å². The Kier molecular flexibility index (Phi) is 8.47. The lowest BCUT2D eigenvalue weighted by molar-refractivity contribution is -0.385. The van der Waals surface area contributed by atoms with Gasteiger partial charge in [0.1, 0.15) is 0 Å². The quantitative estimate of drug-likeness (QED) is 0.161. The third-order valence-electron chi connectivity index (χ3n) is 3.00. The minimum atomic E-state index is -4.02. The van der Waals surface area contributed by atoms with Crippen molar-refractivity contribution in [3.8, 4) is 0 Å². The maximum Gasteiger partial charge on any atom is 0.294 e. The number of nitro groups is 1. The van der Waals surface area contributed by atoms with E-state index in [0.29, 0.717) is 0 Å². The van der Waals surface area contributed by atoms with Gasteiger partial charge in [-0.2, -0.15) is 13.5 Å². The number of nitrogens with one attached hydrogen (secondary N) is 3. The van der Waals surface area contributed by atoms with Crippen molar-refractivity contribution in [2.75, 3.05) is 0 Å². The molecule has 0 heterocycles. The van der Waals surface area contributed by atoms with E-state index in [1.54, 1.807) is 12.1 Å². The van der Waals surface area contributed by atoms with Crippen LogP contribution < -0.4 is 10.9 Å². The summed E-state index contributed by atoms with van der Waals surface area (Å²) < 4.78 is 29.6. The Morgan fingerprint density at radius 2 is 1.89 bits per heavy atom. The van der Waals surface area contributed by atoms with Crippen molar-refractivity contribution in [2.45, 2.75) is 11.8 Å². The predicted octanol–water partition coefficient (Wildman–Crippen LogP) is 2.33. The van der Waals surface area contributed by atoms with Gasteiger partial charge in [0.05, 0.1) is 21.6 Å². The number of aryl methyl sites for hydroxylation is 1. The van der Waals surface area contributed by atoms with Crippen molar-refractivity contribution in [1.29, 1.82) is 5.41 Å². The molecule has 5 N–H and O–H groups in total. The first-order valence-electron chi connectivity index (χ1n) is 7.30. The number of nitro benzene ring substituents is 1. The molecule has 0 spiro atoms. The van der Waals surface area contributed by atoms with E-state index in [-0.39, 0.29) is 21.2 Å². The summed E-state index contributed by atoms with van der Waals surface area (Å²) in [6.45, 7) is 1.84. The second-order valence-electron chi connectivity index (χ2n) is 5.11. The molecule has 0 radical (unpaired) electrons. The Labute approximate surface area is 165 Å². The number of rotatable bonds is 4. The molecule has 0 aliphatic heterocycles. The van der Waals surface area contributed by atoms with Crippen molar-refractivity contribution >= 4 is 39.6 Å². The van der Waals surface area contributed by atoms with Crippen LogP contribution in [-0.4, -0.2) is 35.3 Å².